The number of hydrogen-bond donors (Lipinski definition) is 1. The van der Waals surface area contributed by atoms with E-state index in [4.69, 9.17) is 0 Å². The molecule has 4 heteroatoms. The average Bonchev–Trinajstić information content (AvgIpc) is 2.70. The van der Waals surface area contributed by atoms with Gasteiger partial charge in [-0.2, -0.15) is 11.8 Å². The molecule has 1 aromatic rings. The summed E-state index contributed by atoms with van der Waals surface area (Å²) in [6, 6.07) is 3.10. The van der Waals surface area contributed by atoms with Crippen molar-refractivity contribution >= 4 is 17.6 Å². The lowest BCUT2D eigenvalue weighted by molar-refractivity contribution is 0.621. The number of nitrogens with one attached hydrogen (secondary N) is 1. The van der Waals surface area contributed by atoms with Crippen LogP contribution in [0.1, 0.15) is 12.8 Å². The molecule has 1 saturated heterocycles. The highest BCUT2D eigenvalue weighted by Gasteiger charge is 2.14. The van der Waals surface area contributed by atoms with Crippen molar-refractivity contribution in [2.45, 2.75) is 18.1 Å². The second kappa shape index (κ2) is 4.64. The van der Waals surface area contributed by atoms with E-state index in [1.54, 1.807) is 6.07 Å². The lowest BCUT2D eigenvalue weighted by atomic mass is 10.2. The molecule has 1 unspecified atom stereocenters. The Balaban J connectivity index is 1.82. The maximum absolute atomic E-state index is 12.5. The number of thioether (sulfide) groups is 1. The summed E-state index contributed by atoms with van der Waals surface area (Å²) < 4.78 is 12.5. The fourth-order valence-electron chi connectivity index (χ4n) is 1.50. The number of nitrogens with zero attached hydrogens (tertiary/aromatic N) is 1. The van der Waals surface area contributed by atoms with Crippen LogP contribution in [0.2, 0.25) is 0 Å². The minimum Gasteiger partial charge on any atom is -0.369 e. The van der Waals surface area contributed by atoms with Gasteiger partial charge in [0.15, 0.2) is 0 Å². The van der Waals surface area contributed by atoms with Gasteiger partial charge in [0.2, 0.25) is 0 Å². The summed E-state index contributed by atoms with van der Waals surface area (Å²) in [5.74, 6) is 1.74. The van der Waals surface area contributed by atoms with Gasteiger partial charge in [-0.15, -0.1) is 0 Å². The number of hydrogen-bond acceptors (Lipinski definition) is 3. The summed E-state index contributed by atoms with van der Waals surface area (Å²) in [6.45, 7) is 0.934. The van der Waals surface area contributed by atoms with Crippen molar-refractivity contribution in [1.29, 1.82) is 0 Å². The molecule has 0 amide bonds. The Bertz CT molecular complexity index is 283. The van der Waals surface area contributed by atoms with E-state index in [1.807, 2.05) is 11.8 Å². The summed E-state index contributed by atoms with van der Waals surface area (Å²) in [5.41, 5.74) is 0. The van der Waals surface area contributed by atoms with Gasteiger partial charge in [0.1, 0.15) is 11.6 Å². The predicted molar refractivity (Wildman–Crippen MR) is 58.2 cm³/mol. The molecule has 1 aliphatic heterocycles. The van der Waals surface area contributed by atoms with Crippen LogP contribution in [0, 0.1) is 5.82 Å². The molecule has 1 atom stereocenters. The topological polar surface area (TPSA) is 24.9 Å². The monoisotopic (exact) mass is 212 g/mol. The molecule has 14 heavy (non-hydrogen) atoms. The van der Waals surface area contributed by atoms with Crippen LogP contribution < -0.4 is 5.32 Å². The first-order chi connectivity index (χ1) is 6.84. The first-order valence-electron chi connectivity index (χ1n) is 4.81. The number of anilines is 1. The highest BCUT2D eigenvalue weighted by atomic mass is 32.2. The van der Waals surface area contributed by atoms with Crippen LogP contribution in [0.3, 0.4) is 0 Å². The fourth-order valence-corrected chi connectivity index (χ4v) is 2.71. The average molecular weight is 212 g/mol. The molecule has 0 saturated carbocycles. The zero-order valence-corrected chi connectivity index (χ0v) is 8.69. The van der Waals surface area contributed by atoms with Gasteiger partial charge >= 0.3 is 0 Å². The van der Waals surface area contributed by atoms with Crippen LogP contribution in [0.4, 0.5) is 10.2 Å². The molecule has 0 aliphatic carbocycles. The first-order valence-corrected chi connectivity index (χ1v) is 5.86. The quantitative estimate of drug-likeness (QED) is 0.833. The maximum Gasteiger partial charge on any atom is 0.141 e. The van der Waals surface area contributed by atoms with Gasteiger partial charge in [-0.25, -0.2) is 9.37 Å². The van der Waals surface area contributed by atoms with Crippen LogP contribution in [-0.4, -0.2) is 22.5 Å². The molecule has 2 rings (SSSR count). The summed E-state index contributed by atoms with van der Waals surface area (Å²) in [7, 11) is 0. The van der Waals surface area contributed by atoms with Gasteiger partial charge in [0.05, 0.1) is 6.20 Å². The van der Waals surface area contributed by atoms with E-state index in [2.05, 4.69) is 10.3 Å². The summed E-state index contributed by atoms with van der Waals surface area (Å²) in [6.07, 6.45) is 3.83. The van der Waals surface area contributed by atoms with Crippen LogP contribution >= 0.6 is 11.8 Å². The van der Waals surface area contributed by atoms with Gasteiger partial charge in [-0.3, -0.25) is 0 Å². The second-order valence-corrected chi connectivity index (χ2v) is 4.79. The van der Waals surface area contributed by atoms with E-state index in [0.717, 1.165) is 12.4 Å². The molecular formula is C10H13FN2S. The normalized spacial score (nSPS) is 21.1. The molecule has 76 valence electrons. The molecule has 1 N–H and O–H groups in total. The van der Waals surface area contributed by atoms with E-state index in [1.165, 1.54) is 30.9 Å². The van der Waals surface area contributed by atoms with Crippen molar-refractivity contribution in [1.82, 2.24) is 4.98 Å². The lowest BCUT2D eigenvalue weighted by Crippen LogP contribution is -2.14. The van der Waals surface area contributed by atoms with Crippen molar-refractivity contribution in [3.05, 3.63) is 24.1 Å². The van der Waals surface area contributed by atoms with E-state index in [9.17, 15) is 4.39 Å². The fraction of sp³-hybridized carbons (Fsp3) is 0.500. The number of rotatable bonds is 3. The second-order valence-electron chi connectivity index (χ2n) is 3.38. The molecule has 1 aliphatic rings. The van der Waals surface area contributed by atoms with Gasteiger partial charge in [-0.1, -0.05) is 0 Å². The van der Waals surface area contributed by atoms with E-state index in [0.29, 0.717) is 5.25 Å². The Kier molecular flexibility index (Phi) is 3.24. The minimum absolute atomic E-state index is 0.286. The molecule has 0 bridgehead atoms. The van der Waals surface area contributed by atoms with Crippen molar-refractivity contribution in [2.75, 3.05) is 17.6 Å². The first kappa shape index (κ1) is 9.77. The zero-order chi connectivity index (χ0) is 9.80. The molecule has 1 fully saturated rings. The highest BCUT2D eigenvalue weighted by molar-refractivity contribution is 8.00. The number of halogens is 1. The van der Waals surface area contributed by atoms with Crippen LogP contribution in [0.15, 0.2) is 18.3 Å². The SMILES string of the molecule is Fc1ccc(NCC2CCCS2)nc1. The largest absolute Gasteiger partial charge is 0.369 e. The third-order valence-corrected chi connectivity index (χ3v) is 3.66. The minimum atomic E-state index is -0.286. The van der Waals surface area contributed by atoms with E-state index >= 15 is 0 Å². The molecule has 0 radical (unpaired) electrons. The van der Waals surface area contributed by atoms with E-state index < -0.39 is 0 Å². The Hall–Kier alpha value is -0.770. The van der Waals surface area contributed by atoms with E-state index in [-0.39, 0.29) is 5.82 Å². The summed E-state index contributed by atoms with van der Waals surface area (Å²) in [4.78, 5) is 3.94. The number of aromatic nitrogens is 1. The number of pyridine rings is 1. The molecule has 1 aromatic heterocycles. The van der Waals surface area contributed by atoms with Gasteiger partial charge in [-0.05, 0) is 30.7 Å². The van der Waals surface area contributed by atoms with Crippen LogP contribution in [-0.2, 0) is 0 Å². The lowest BCUT2D eigenvalue weighted by Gasteiger charge is -2.09. The highest BCUT2D eigenvalue weighted by Crippen LogP contribution is 2.25. The molecule has 0 aromatic carbocycles. The Morgan fingerprint density at radius 1 is 1.57 bits per heavy atom. The molecule has 2 heterocycles. The van der Waals surface area contributed by atoms with Crippen molar-refractivity contribution in [3.63, 3.8) is 0 Å². The predicted octanol–water partition coefficient (Wildman–Crippen LogP) is 2.53. The Labute approximate surface area is 87.3 Å². The maximum atomic E-state index is 12.5. The van der Waals surface area contributed by atoms with Gasteiger partial charge in [0, 0.05) is 11.8 Å². The molecule has 2 nitrogen and oxygen atoms in total. The van der Waals surface area contributed by atoms with Crippen LogP contribution in [0.5, 0.6) is 0 Å². The van der Waals surface area contributed by atoms with Gasteiger partial charge in [0.25, 0.3) is 0 Å². The third kappa shape index (κ3) is 2.61. The van der Waals surface area contributed by atoms with Gasteiger partial charge < -0.3 is 5.32 Å². The zero-order valence-electron chi connectivity index (χ0n) is 7.87. The third-order valence-electron chi connectivity index (χ3n) is 2.26. The molecule has 0 spiro atoms. The standard InChI is InChI=1S/C10H13FN2S/c11-8-3-4-10(12-6-8)13-7-9-2-1-5-14-9/h3-4,6,9H,1-2,5,7H2,(H,12,13). The van der Waals surface area contributed by atoms with Crippen molar-refractivity contribution in [3.8, 4) is 0 Å². The summed E-state index contributed by atoms with van der Waals surface area (Å²) >= 11 is 2.00. The molecular weight excluding hydrogens is 199 g/mol. The van der Waals surface area contributed by atoms with Crippen molar-refractivity contribution < 1.29 is 4.39 Å². The summed E-state index contributed by atoms with van der Waals surface area (Å²) in [5, 5.41) is 3.91. The smallest absolute Gasteiger partial charge is 0.141 e. The van der Waals surface area contributed by atoms with Crippen LogP contribution in [0.25, 0.3) is 0 Å². The van der Waals surface area contributed by atoms with Crippen molar-refractivity contribution in [2.24, 2.45) is 0 Å². The Morgan fingerprint density at radius 3 is 3.14 bits per heavy atom. The Morgan fingerprint density at radius 2 is 2.50 bits per heavy atom.